The number of nitrogens with one attached hydrogen (secondary N) is 1. The van der Waals surface area contributed by atoms with E-state index in [2.05, 4.69) is 5.32 Å². The van der Waals surface area contributed by atoms with Crippen molar-refractivity contribution in [3.8, 4) is 5.75 Å². The van der Waals surface area contributed by atoms with Crippen molar-refractivity contribution in [1.29, 1.82) is 0 Å². The van der Waals surface area contributed by atoms with Crippen molar-refractivity contribution in [3.63, 3.8) is 0 Å². The smallest absolute Gasteiger partial charge is 0.313 e. The van der Waals surface area contributed by atoms with Gasteiger partial charge in [0.25, 0.3) is 0 Å². The highest BCUT2D eigenvalue weighted by molar-refractivity contribution is 6.39. The summed E-state index contributed by atoms with van der Waals surface area (Å²) in [6.07, 6.45) is 0. The first-order valence-corrected chi connectivity index (χ1v) is 4.36. The summed E-state index contributed by atoms with van der Waals surface area (Å²) in [5, 5.41) is 2.70. The lowest BCUT2D eigenvalue weighted by Crippen LogP contribution is -2.29. The summed E-state index contributed by atoms with van der Waals surface area (Å²) >= 11 is 5.77. The molecule has 0 aliphatic heterocycles. The molecule has 0 unspecified atom stereocenters. The Morgan fingerprint density at radius 3 is 2.67 bits per heavy atom. The molecule has 0 radical (unpaired) electrons. The third kappa shape index (κ3) is 2.85. The topological polar surface area (TPSA) is 81.4 Å². The van der Waals surface area contributed by atoms with Gasteiger partial charge < -0.3 is 15.8 Å². The maximum atomic E-state index is 10.9. The summed E-state index contributed by atoms with van der Waals surface area (Å²) < 4.78 is 4.93. The fourth-order valence-corrected chi connectivity index (χ4v) is 1.12. The lowest BCUT2D eigenvalue weighted by atomic mass is 10.3. The van der Waals surface area contributed by atoms with Crippen LogP contribution in [0, 0.1) is 0 Å². The van der Waals surface area contributed by atoms with E-state index in [1.165, 1.54) is 25.3 Å². The molecule has 0 saturated carbocycles. The number of ether oxygens (including phenoxy) is 1. The SMILES string of the molecule is COc1cc(NC(=O)C(N)=O)ccc1Cl. The number of hydrogen-bond acceptors (Lipinski definition) is 3. The Morgan fingerprint density at radius 1 is 1.47 bits per heavy atom. The van der Waals surface area contributed by atoms with Crippen LogP contribution >= 0.6 is 11.6 Å². The van der Waals surface area contributed by atoms with Crippen LogP contribution in [-0.2, 0) is 9.59 Å². The zero-order valence-electron chi connectivity index (χ0n) is 7.91. The van der Waals surface area contributed by atoms with Crippen LogP contribution in [0.4, 0.5) is 5.69 Å². The van der Waals surface area contributed by atoms with Gasteiger partial charge in [0.15, 0.2) is 0 Å². The molecule has 2 amide bonds. The van der Waals surface area contributed by atoms with Crippen LogP contribution in [0.25, 0.3) is 0 Å². The molecule has 0 aliphatic carbocycles. The van der Waals surface area contributed by atoms with Crippen LogP contribution in [0.1, 0.15) is 0 Å². The van der Waals surface area contributed by atoms with Crippen molar-refractivity contribution in [2.24, 2.45) is 5.73 Å². The minimum absolute atomic E-state index is 0.389. The van der Waals surface area contributed by atoms with Gasteiger partial charge in [-0.2, -0.15) is 0 Å². The first-order chi connectivity index (χ1) is 7.04. The van der Waals surface area contributed by atoms with Gasteiger partial charge in [-0.1, -0.05) is 11.6 Å². The monoisotopic (exact) mass is 228 g/mol. The summed E-state index contributed by atoms with van der Waals surface area (Å²) in [5.74, 6) is -1.54. The molecule has 15 heavy (non-hydrogen) atoms. The van der Waals surface area contributed by atoms with Gasteiger partial charge in [0.2, 0.25) is 0 Å². The molecule has 0 heterocycles. The van der Waals surface area contributed by atoms with Crippen LogP contribution in [0.5, 0.6) is 5.75 Å². The van der Waals surface area contributed by atoms with Crippen LogP contribution in [0.2, 0.25) is 5.02 Å². The van der Waals surface area contributed by atoms with Gasteiger partial charge in [-0.25, -0.2) is 0 Å². The highest BCUT2D eigenvalue weighted by atomic mass is 35.5. The molecule has 0 atom stereocenters. The predicted molar refractivity (Wildman–Crippen MR) is 55.8 cm³/mol. The van der Waals surface area contributed by atoms with Gasteiger partial charge in [0.1, 0.15) is 5.75 Å². The van der Waals surface area contributed by atoms with E-state index in [0.29, 0.717) is 16.5 Å². The molecule has 1 aromatic carbocycles. The highest BCUT2D eigenvalue weighted by Crippen LogP contribution is 2.27. The predicted octanol–water partition coefficient (Wildman–Crippen LogP) is 0.772. The second-order valence-corrected chi connectivity index (χ2v) is 3.07. The van der Waals surface area contributed by atoms with E-state index < -0.39 is 11.8 Å². The Bertz CT molecular complexity index is 406. The Kier molecular flexibility index (Phi) is 3.51. The van der Waals surface area contributed by atoms with Crippen LogP contribution in [0.15, 0.2) is 18.2 Å². The first-order valence-electron chi connectivity index (χ1n) is 3.99. The lowest BCUT2D eigenvalue weighted by Gasteiger charge is -2.06. The molecule has 5 nitrogen and oxygen atoms in total. The largest absolute Gasteiger partial charge is 0.495 e. The molecular formula is C9H9ClN2O3. The summed E-state index contributed by atoms with van der Waals surface area (Å²) in [7, 11) is 1.45. The minimum Gasteiger partial charge on any atom is -0.495 e. The third-order valence-electron chi connectivity index (χ3n) is 1.63. The van der Waals surface area contributed by atoms with Gasteiger partial charge in [0.05, 0.1) is 12.1 Å². The average molecular weight is 229 g/mol. The van der Waals surface area contributed by atoms with E-state index >= 15 is 0 Å². The van der Waals surface area contributed by atoms with E-state index in [0.717, 1.165) is 0 Å². The number of nitrogens with two attached hydrogens (primary N) is 1. The minimum atomic E-state index is -1.05. The normalized spacial score (nSPS) is 9.47. The van der Waals surface area contributed by atoms with Crippen molar-refractivity contribution in [3.05, 3.63) is 23.2 Å². The number of rotatable bonds is 2. The fourth-order valence-electron chi connectivity index (χ4n) is 0.930. The number of carbonyl (C=O) groups excluding carboxylic acids is 2. The molecule has 80 valence electrons. The first kappa shape index (κ1) is 11.3. The van der Waals surface area contributed by atoms with Gasteiger partial charge >= 0.3 is 11.8 Å². The zero-order chi connectivity index (χ0) is 11.4. The molecule has 0 spiro atoms. The second kappa shape index (κ2) is 4.65. The average Bonchev–Trinajstić information content (AvgIpc) is 2.20. The van der Waals surface area contributed by atoms with Crippen molar-refractivity contribution in [2.45, 2.75) is 0 Å². The van der Waals surface area contributed by atoms with Gasteiger partial charge in [-0.05, 0) is 12.1 Å². The Labute approximate surface area is 91.2 Å². The molecule has 1 aromatic rings. The molecule has 0 fully saturated rings. The Morgan fingerprint density at radius 2 is 2.13 bits per heavy atom. The summed E-state index contributed by atoms with van der Waals surface area (Å²) in [4.78, 5) is 21.4. The molecule has 0 bridgehead atoms. The molecule has 0 saturated heterocycles. The summed E-state index contributed by atoms with van der Waals surface area (Å²) in [5.41, 5.74) is 5.16. The van der Waals surface area contributed by atoms with E-state index in [1.807, 2.05) is 0 Å². The number of benzene rings is 1. The summed E-state index contributed by atoms with van der Waals surface area (Å²) in [6.45, 7) is 0. The second-order valence-electron chi connectivity index (χ2n) is 2.67. The zero-order valence-corrected chi connectivity index (χ0v) is 8.67. The number of hydrogen-bond donors (Lipinski definition) is 2. The maximum absolute atomic E-state index is 10.9. The van der Waals surface area contributed by atoms with Crippen LogP contribution in [-0.4, -0.2) is 18.9 Å². The number of amides is 2. The number of carbonyl (C=O) groups is 2. The molecular weight excluding hydrogens is 220 g/mol. The van der Waals surface area contributed by atoms with Gasteiger partial charge in [-0.15, -0.1) is 0 Å². The number of methoxy groups -OCH3 is 1. The quantitative estimate of drug-likeness (QED) is 0.734. The third-order valence-corrected chi connectivity index (χ3v) is 1.95. The van der Waals surface area contributed by atoms with Crippen molar-refractivity contribution in [1.82, 2.24) is 0 Å². The molecule has 6 heteroatoms. The van der Waals surface area contributed by atoms with E-state index in [9.17, 15) is 9.59 Å². The van der Waals surface area contributed by atoms with Crippen molar-refractivity contribution in [2.75, 3.05) is 12.4 Å². The van der Waals surface area contributed by atoms with Crippen molar-refractivity contribution >= 4 is 29.1 Å². The number of primary amides is 1. The number of halogens is 1. The Hall–Kier alpha value is -1.75. The standard InChI is InChI=1S/C9H9ClN2O3/c1-15-7-4-5(2-3-6(7)10)12-9(14)8(11)13/h2-4H,1H3,(H2,11,13)(H,12,14). The van der Waals surface area contributed by atoms with E-state index in [4.69, 9.17) is 22.1 Å². The molecule has 0 aliphatic rings. The lowest BCUT2D eigenvalue weighted by molar-refractivity contribution is -0.134. The summed E-state index contributed by atoms with van der Waals surface area (Å²) in [6, 6.07) is 4.56. The van der Waals surface area contributed by atoms with Crippen LogP contribution in [0.3, 0.4) is 0 Å². The van der Waals surface area contributed by atoms with Gasteiger partial charge in [0, 0.05) is 11.8 Å². The fraction of sp³-hybridized carbons (Fsp3) is 0.111. The van der Waals surface area contributed by atoms with E-state index in [1.54, 1.807) is 0 Å². The molecule has 3 N–H and O–H groups in total. The molecule has 1 rings (SSSR count). The van der Waals surface area contributed by atoms with E-state index in [-0.39, 0.29) is 0 Å². The maximum Gasteiger partial charge on any atom is 0.313 e. The number of anilines is 1. The Balaban J connectivity index is 2.87. The highest BCUT2D eigenvalue weighted by Gasteiger charge is 2.09. The van der Waals surface area contributed by atoms with Crippen LogP contribution < -0.4 is 15.8 Å². The molecule has 0 aromatic heterocycles. The van der Waals surface area contributed by atoms with Crippen molar-refractivity contribution < 1.29 is 14.3 Å². The van der Waals surface area contributed by atoms with Gasteiger partial charge in [-0.3, -0.25) is 9.59 Å².